The molecule has 2 unspecified atom stereocenters. The van der Waals surface area contributed by atoms with Crippen molar-refractivity contribution in [2.45, 2.75) is 139 Å². The van der Waals surface area contributed by atoms with Gasteiger partial charge >= 0.3 is 0 Å². The van der Waals surface area contributed by atoms with Crippen molar-refractivity contribution in [3.63, 3.8) is 0 Å². The van der Waals surface area contributed by atoms with E-state index in [9.17, 15) is 0 Å². The van der Waals surface area contributed by atoms with E-state index in [1.165, 1.54) is 12.8 Å². The van der Waals surface area contributed by atoms with Gasteiger partial charge in [0.15, 0.2) is 0 Å². The van der Waals surface area contributed by atoms with Gasteiger partial charge in [-0.05, 0) is 0 Å². The first-order valence-corrected chi connectivity index (χ1v) is 11.8. The molecule has 134 valence electrons. The highest BCUT2D eigenvalue weighted by Gasteiger charge is 2.50. The molecule has 0 nitrogen and oxygen atoms in total. The minimum Gasteiger partial charge on any atom is -0.0694 e. The maximum atomic E-state index is 2.73. The van der Waals surface area contributed by atoms with Crippen molar-refractivity contribution in [1.82, 2.24) is 0 Å². The predicted molar refractivity (Wildman–Crippen MR) is 110 cm³/mol. The Morgan fingerprint density at radius 1 is 0.667 bits per heavy atom. The number of rotatable bonds is 5. The second-order valence-electron chi connectivity index (χ2n) is 10.2. The SMILES string of the molecule is CCCC(B1C2CCCC1CCC2)C(C)B1C2CCCC1CCC2. The van der Waals surface area contributed by atoms with Crippen LogP contribution in [-0.2, 0) is 0 Å². The molecule has 4 bridgehead atoms. The molecule has 4 aliphatic heterocycles. The van der Waals surface area contributed by atoms with Gasteiger partial charge in [0, 0.05) is 0 Å². The third kappa shape index (κ3) is 3.25. The van der Waals surface area contributed by atoms with E-state index in [0.29, 0.717) is 0 Å². The topological polar surface area (TPSA) is 0 Å². The van der Waals surface area contributed by atoms with Crippen molar-refractivity contribution in [2.75, 3.05) is 0 Å². The molecule has 0 aromatic rings. The molecule has 4 saturated heterocycles. The zero-order chi connectivity index (χ0) is 16.5. The quantitative estimate of drug-likeness (QED) is 0.453. The first-order chi connectivity index (χ1) is 11.8. The van der Waals surface area contributed by atoms with E-state index in [2.05, 4.69) is 13.8 Å². The summed E-state index contributed by atoms with van der Waals surface area (Å²) in [5.41, 5.74) is 0. The Balaban J connectivity index is 1.55. The normalized spacial score (nSPS) is 38.8. The van der Waals surface area contributed by atoms with Crippen LogP contribution in [0.3, 0.4) is 0 Å². The highest BCUT2D eigenvalue weighted by atomic mass is 14.3. The molecule has 0 aromatic carbocycles. The first-order valence-electron chi connectivity index (χ1n) is 11.8. The van der Waals surface area contributed by atoms with E-state index in [4.69, 9.17) is 0 Å². The van der Waals surface area contributed by atoms with E-state index in [1.807, 2.05) is 0 Å². The van der Waals surface area contributed by atoms with Crippen molar-refractivity contribution >= 4 is 13.4 Å². The zero-order valence-electron chi connectivity index (χ0n) is 16.5. The molecule has 24 heavy (non-hydrogen) atoms. The van der Waals surface area contributed by atoms with E-state index < -0.39 is 0 Å². The summed E-state index contributed by atoms with van der Waals surface area (Å²) in [5, 5.41) is 0. The van der Waals surface area contributed by atoms with Gasteiger partial charge in [-0.1, -0.05) is 139 Å². The smallest absolute Gasteiger partial charge is 0.0694 e. The van der Waals surface area contributed by atoms with Crippen molar-refractivity contribution < 1.29 is 0 Å². The first kappa shape index (κ1) is 17.5. The Kier molecular flexibility index (Phi) is 5.69. The highest BCUT2D eigenvalue weighted by Crippen LogP contribution is 2.58. The molecule has 0 amide bonds. The molecule has 2 atom stereocenters. The molecule has 4 heterocycles. The fraction of sp³-hybridized carbons (Fsp3) is 1.00. The van der Waals surface area contributed by atoms with Gasteiger partial charge in [-0.2, -0.15) is 0 Å². The van der Waals surface area contributed by atoms with Gasteiger partial charge in [0.05, 0.1) is 0 Å². The molecular weight excluding hydrogens is 286 g/mol. The van der Waals surface area contributed by atoms with Crippen LogP contribution in [0.1, 0.15) is 104 Å². The minimum atomic E-state index is 1.02. The average molecular weight is 326 g/mol. The van der Waals surface area contributed by atoms with Gasteiger partial charge in [-0.25, -0.2) is 0 Å². The molecule has 0 N–H and O–H groups in total. The summed E-state index contributed by atoms with van der Waals surface area (Å²) < 4.78 is 0. The van der Waals surface area contributed by atoms with E-state index >= 15 is 0 Å². The van der Waals surface area contributed by atoms with E-state index in [0.717, 1.165) is 48.3 Å². The summed E-state index contributed by atoms with van der Waals surface area (Å²) in [4.78, 5) is 0. The fourth-order valence-corrected chi connectivity index (χ4v) is 8.44. The number of hydrogen-bond donors (Lipinski definition) is 0. The average Bonchev–Trinajstić information content (AvgIpc) is 2.58. The van der Waals surface area contributed by atoms with Crippen LogP contribution in [-0.4, -0.2) is 13.4 Å². The third-order valence-electron chi connectivity index (χ3n) is 9.18. The van der Waals surface area contributed by atoms with Gasteiger partial charge in [0.25, 0.3) is 0 Å². The lowest BCUT2D eigenvalue weighted by Crippen LogP contribution is -2.45. The molecule has 0 radical (unpaired) electrons. The Morgan fingerprint density at radius 3 is 1.42 bits per heavy atom. The van der Waals surface area contributed by atoms with Gasteiger partial charge in [0.2, 0.25) is 0 Å². The van der Waals surface area contributed by atoms with Crippen molar-refractivity contribution in [3.8, 4) is 0 Å². The van der Waals surface area contributed by atoms with Crippen molar-refractivity contribution in [2.24, 2.45) is 0 Å². The Labute approximate surface area is 152 Å². The fourth-order valence-electron chi connectivity index (χ4n) is 8.44. The highest BCUT2D eigenvalue weighted by molar-refractivity contribution is 6.70. The Bertz CT molecular complexity index is 365. The van der Waals surface area contributed by atoms with Gasteiger partial charge in [0.1, 0.15) is 13.4 Å². The number of hydrogen-bond acceptors (Lipinski definition) is 0. The van der Waals surface area contributed by atoms with Crippen molar-refractivity contribution in [3.05, 3.63) is 0 Å². The van der Waals surface area contributed by atoms with Crippen LogP contribution < -0.4 is 0 Å². The lowest BCUT2D eigenvalue weighted by Gasteiger charge is -2.51. The summed E-state index contributed by atoms with van der Waals surface area (Å²) in [6, 6.07) is 0. The zero-order valence-corrected chi connectivity index (χ0v) is 16.5. The summed E-state index contributed by atoms with van der Waals surface area (Å²) in [6.45, 7) is 7.41. The molecule has 0 saturated carbocycles. The maximum Gasteiger partial charge on any atom is 0.149 e. The van der Waals surface area contributed by atoms with Crippen LogP contribution in [0.2, 0.25) is 34.9 Å². The predicted octanol–water partition coefficient (Wildman–Crippen LogP) is 7.75. The molecule has 0 aromatic heterocycles. The lowest BCUT2D eigenvalue weighted by molar-refractivity contribution is 0.415. The summed E-state index contributed by atoms with van der Waals surface area (Å²) in [6.07, 6.45) is 21.7. The molecule has 4 rings (SSSR count). The molecule has 2 heteroatoms. The largest absolute Gasteiger partial charge is 0.149 e. The monoisotopic (exact) mass is 326 g/mol. The Morgan fingerprint density at radius 2 is 1.04 bits per heavy atom. The van der Waals surface area contributed by atoms with Crippen LogP contribution in [0, 0.1) is 0 Å². The second kappa shape index (κ2) is 7.79. The second-order valence-corrected chi connectivity index (χ2v) is 10.2. The maximum absolute atomic E-state index is 2.73. The molecule has 0 aliphatic carbocycles. The van der Waals surface area contributed by atoms with Crippen LogP contribution in [0.4, 0.5) is 0 Å². The van der Waals surface area contributed by atoms with Crippen LogP contribution in [0.25, 0.3) is 0 Å². The van der Waals surface area contributed by atoms with Crippen LogP contribution in [0.15, 0.2) is 0 Å². The molecule has 4 aliphatic rings. The van der Waals surface area contributed by atoms with E-state index in [1.54, 1.807) is 77.0 Å². The number of fused-ring (bicyclic) bond motifs is 4. The molecular formula is C22H40B2. The van der Waals surface area contributed by atoms with Crippen LogP contribution >= 0.6 is 0 Å². The summed E-state index contributed by atoms with van der Waals surface area (Å²) >= 11 is 0. The van der Waals surface area contributed by atoms with Gasteiger partial charge in [-0.3, -0.25) is 0 Å². The minimum absolute atomic E-state index is 1.02. The van der Waals surface area contributed by atoms with Gasteiger partial charge in [-0.15, -0.1) is 0 Å². The third-order valence-corrected chi connectivity index (χ3v) is 9.18. The van der Waals surface area contributed by atoms with E-state index in [-0.39, 0.29) is 0 Å². The van der Waals surface area contributed by atoms with Crippen molar-refractivity contribution in [1.29, 1.82) is 0 Å². The Hall–Kier alpha value is 0.130. The molecule has 4 fully saturated rings. The lowest BCUT2D eigenvalue weighted by atomic mass is 9.13. The standard InChI is InChI=1S/C22H40B2/c1-3-8-22(24-20-13-6-14-21(24)16-7-15-20)17(2)23-18-9-4-10-19(23)12-5-11-18/h17-22H,3-16H2,1-2H3. The summed E-state index contributed by atoms with van der Waals surface area (Å²) in [7, 11) is 0. The van der Waals surface area contributed by atoms with Crippen LogP contribution in [0.5, 0.6) is 0 Å². The van der Waals surface area contributed by atoms with Gasteiger partial charge < -0.3 is 0 Å². The summed E-state index contributed by atoms with van der Waals surface area (Å²) in [5.74, 6) is 6.52. The molecule has 0 spiro atoms.